The van der Waals surface area contributed by atoms with E-state index in [1.165, 1.54) is 6.42 Å². The molecule has 0 aliphatic rings. The van der Waals surface area contributed by atoms with E-state index in [0.29, 0.717) is 6.04 Å². The predicted molar refractivity (Wildman–Crippen MR) is 61.6 cm³/mol. The minimum atomic E-state index is 0. The molecule has 0 spiro atoms. The molecule has 3 N–H and O–H groups in total. The Kier molecular flexibility index (Phi) is 13.1. The standard InChI is InChI=1S/C8H20N2.C2H6.2H2/c1-7(2)6-8(3)10-5-4-9;1-2;;/h7-8,10H,4-6,9H2,1-3H3;1-2H3;2*1H. The van der Waals surface area contributed by atoms with Gasteiger partial charge < -0.3 is 11.1 Å². The van der Waals surface area contributed by atoms with Gasteiger partial charge in [0.2, 0.25) is 0 Å². The van der Waals surface area contributed by atoms with E-state index >= 15 is 0 Å². The summed E-state index contributed by atoms with van der Waals surface area (Å²) in [5, 5.41) is 3.34. The van der Waals surface area contributed by atoms with E-state index in [-0.39, 0.29) is 2.85 Å². The second-order valence-electron chi connectivity index (χ2n) is 3.27. The van der Waals surface area contributed by atoms with Crippen LogP contribution in [0, 0.1) is 5.92 Å². The maximum atomic E-state index is 5.35. The highest BCUT2D eigenvalue weighted by Gasteiger charge is 2.01. The van der Waals surface area contributed by atoms with Crippen LogP contribution in [0.2, 0.25) is 0 Å². The number of nitrogens with two attached hydrogens (primary N) is 1. The fourth-order valence-electron chi connectivity index (χ4n) is 1.12. The van der Waals surface area contributed by atoms with E-state index in [9.17, 15) is 0 Å². The largest absolute Gasteiger partial charge is 0.329 e. The molecule has 80 valence electrons. The second kappa shape index (κ2) is 10.9. The molecule has 12 heavy (non-hydrogen) atoms. The van der Waals surface area contributed by atoms with E-state index < -0.39 is 0 Å². The van der Waals surface area contributed by atoms with Gasteiger partial charge in [-0.05, 0) is 19.3 Å². The third-order valence-corrected chi connectivity index (χ3v) is 1.46. The van der Waals surface area contributed by atoms with Crippen molar-refractivity contribution in [1.82, 2.24) is 5.32 Å². The lowest BCUT2D eigenvalue weighted by molar-refractivity contribution is 0.447. The second-order valence-corrected chi connectivity index (χ2v) is 3.27. The van der Waals surface area contributed by atoms with Crippen molar-refractivity contribution in [2.24, 2.45) is 11.7 Å². The number of rotatable bonds is 5. The lowest BCUT2D eigenvalue weighted by Gasteiger charge is -2.14. The van der Waals surface area contributed by atoms with Gasteiger partial charge in [-0.2, -0.15) is 0 Å². The normalized spacial score (nSPS) is 12.2. The highest BCUT2D eigenvalue weighted by Crippen LogP contribution is 2.02. The smallest absolute Gasteiger partial charge is 0.00769 e. The number of hydrogen-bond acceptors (Lipinski definition) is 2. The average molecular weight is 178 g/mol. The molecule has 2 nitrogen and oxygen atoms in total. The minimum Gasteiger partial charge on any atom is -0.329 e. The van der Waals surface area contributed by atoms with Gasteiger partial charge in [0.1, 0.15) is 0 Å². The van der Waals surface area contributed by atoms with Gasteiger partial charge >= 0.3 is 0 Å². The van der Waals surface area contributed by atoms with Gasteiger partial charge in [-0.1, -0.05) is 27.7 Å². The summed E-state index contributed by atoms with van der Waals surface area (Å²) < 4.78 is 0. The Balaban J connectivity index is -0.000000117. The zero-order valence-electron chi connectivity index (χ0n) is 9.35. The zero-order valence-corrected chi connectivity index (χ0v) is 9.35. The molecule has 0 bridgehead atoms. The SMILES string of the molecule is CC.CC(C)CC(C)NCCN.[HH].[HH]. The molecule has 0 heterocycles. The van der Waals surface area contributed by atoms with Crippen LogP contribution in [-0.2, 0) is 0 Å². The van der Waals surface area contributed by atoms with Crippen LogP contribution in [0.25, 0.3) is 0 Å². The average Bonchev–Trinajstić information content (AvgIpc) is 2.03. The van der Waals surface area contributed by atoms with E-state index in [4.69, 9.17) is 5.73 Å². The molecule has 0 aromatic carbocycles. The molecule has 0 aromatic heterocycles. The van der Waals surface area contributed by atoms with Crippen LogP contribution in [0.5, 0.6) is 0 Å². The van der Waals surface area contributed by atoms with Crippen LogP contribution in [0.1, 0.15) is 43.9 Å². The summed E-state index contributed by atoms with van der Waals surface area (Å²) in [7, 11) is 0. The van der Waals surface area contributed by atoms with E-state index in [1.54, 1.807) is 0 Å². The molecule has 1 unspecified atom stereocenters. The lowest BCUT2D eigenvalue weighted by atomic mass is 10.1. The third kappa shape index (κ3) is 12.6. The zero-order chi connectivity index (χ0) is 9.98. The Labute approximate surface area is 80.9 Å². The Morgan fingerprint density at radius 3 is 2.08 bits per heavy atom. The highest BCUT2D eigenvalue weighted by atomic mass is 14.9. The first-order valence-corrected chi connectivity index (χ1v) is 5.10. The molecule has 0 saturated carbocycles. The molecule has 2 heteroatoms. The van der Waals surface area contributed by atoms with Crippen molar-refractivity contribution in [1.29, 1.82) is 0 Å². The fraction of sp³-hybridized carbons (Fsp3) is 1.00. The topological polar surface area (TPSA) is 38.0 Å². The van der Waals surface area contributed by atoms with Crippen molar-refractivity contribution in [3.63, 3.8) is 0 Å². The molecule has 0 rings (SSSR count). The molecule has 0 aromatic rings. The van der Waals surface area contributed by atoms with Gasteiger partial charge in [0.05, 0.1) is 0 Å². The molecule has 0 radical (unpaired) electrons. The number of nitrogens with one attached hydrogen (secondary N) is 1. The van der Waals surface area contributed by atoms with Crippen LogP contribution in [-0.4, -0.2) is 19.1 Å². The predicted octanol–water partition coefficient (Wildman–Crippen LogP) is 2.49. The van der Waals surface area contributed by atoms with Crippen LogP contribution in [0.3, 0.4) is 0 Å². The number of hydrogen-bond donors (Lipinski definition) is 2. The maximum Gasteiger partial charge on any atom is 0.00769 e. The van der Waals surface area contributed by atoms with Crippen molar-refractivity contribution < 1.29 is 2.85 Å². The molecular formula is C10H30N2. The van der Waals surface area contributed by atoms with Gasteiger partial charge in [-0.15, -0.1) is 0 Å². The quantitative estimate of drug-likeness (QED) is 0.679. The third-order valence-electron chi connectivity index (χ3n) is 1.46. The van der Waals surface area contributed by atoms with Crippen LogP contribution >= 0.6 is 0 Å². The Hall–Kier alpha value is -0.0800. The Bertz CT molecular complexity index is 80.5. The van der Waals surface area contributed by atoms with Gasteiger partial charge in [0.25, 0.3) is 0 Å². The summed E-state index contributed by atoms with van der Waals surface area (Å²) in [5.74, 6) is 0.778. The summed E-state index contributed by atoms with van der Waals surface area (Å²) >= 11 is 0. The van der Waals surface area contributed by atoms with Crippen molar-refractivity contribution in [3.8, 4) is 0 Å². The van der Waals surface area contributed by atoms with Crippen LogP contribution < -0.4 is 11.1 Å². The molecule has 0 saturated heterocycles. The van der Waals surface area contributed by atoms with E-state index in [0.717, 1.165) is 19.0 Å². The summed E-state index contributed by atoms with van der Waals surface area (Å²) in [6.45, 7) is 12.4. The van der Waals surface area contributed by atoms with Crippen molar-refractivity contribution >= 4 is 0 Å². The minimum absolute atomic E-state index is 0. The van der Waals surface area contributed by atoms with Crippen molar-refractivity contribution in [2.75, 3.05) is 13.1 Å². The molecule has 0 fully saturated rings. The fourth-order valence-corrected chi connectivity index (χ4v) is 1.12. The molecule has 0 amide bonds. The monoisotopic (exact) mass is 178 g/mol. The van der Waals surface area contributed by atoms with Crippen molar-refractivity contribution in [3.05, 3.63) is 0 Å². The summed E-state index contributed by atoms with van der Waals surface area (Å²) in [5.41, 5.74) is 5.35. The molecule has 1 atom stereocenters. The maximum absolute atomic E-state index is 5.35. The first-order chi connectivity index (χ1) is 5.66. The summed E-state index contributed by atoms with van der Waals surface area (Å²) in [6.07, 6.45) is 1.24. The van der Waals surface area contributed by atoms with Gasteiger partial charge in [0.15, 0.2) is 0 Å². The Morgan fingerprint density at radius 2 is 1.75 bits per heavy atom. The lowest BCUT2D eigenvalue weighted by Crippen LogP contribution is -2.31. The highest BCUT2D eigenvalue weighted by molar-refractivity contribution is 4.62. The molecule has 0 aliphatic carbocycles. The summed E-state index contributed by atoms with van der Waals surface area (Å²) in [4.78, 5) is 0. The van der Waals surface area contributed by atoms with E-state index in [1.807, 2.05) is 13.8 Å². The first kappa shape index (κ1) is 14.4. The Morgan fingerprint density at radius 1 is 1.25 bits per heavy atom. The van der Waals surface area contributed by atoms with Crippen LogP contribution in [0.4, 0.5) is 0 Å². The molecular weight excluding hydrogens is 148 g/mol. The van der Waals surface area contributed by atoms with Crippen LogP contribution in [0.15, 0.2) is 0 Å². The summed E-state index contributed by atoms with van der Waals surface area (Å²) in [6, 6.07) is 0.614. The van der Waals surface area contributed by atoms with Gasteiger partial charge in [-0.3, -0.25) is 0 Å². The molecule has 0 aliphatic heterocycles. The first-order valence-electron chi connectivity index (χ1n) is 5.10. The van der Waals surface area contributed by atoms with E-state index in [2.05, 4.69) is 26.1 Å². The van der Waals surface area contributed by atoms with Gasteiger partial charge in [0, 0.05) is 22.0 Å². The van der Waals surface area contributed by atoms with Crippen molar-refractivity contribution in [2.45, 2.75) is 47.1 Å². The van der Waals surface area contributed by atoms with Gasteiger partial charge in [-0.25, -0.2) is 0 Å².